The molecule has 9 nitrogen and oxygen atoms in total. The number of hydrogen-bond acceptors (Lipinski definition) is 6. The molecule has 1 aliphatic heterocycles. The van der Waals surface area contributed by atoms with E-state index in [1.807, 2.05) is 0 Å². The first kappa shape index (κ1) is 28.5. The van der Waals surface area contributed by atoms with Crippen LogP contribution in [0.3, 0.4) is 0 Å². The van der Waals surface area contributed by atoms with Crippen molar-refractivity contribution in [2.45, 2.75) is 62.8 Å². The molecule has 2 aliphatic rings. The minimum atomic E-state index is -4.75. The molecule has 0 spiro atoms. The van der Waals surface area contributed by atoms with Crippen LogP contribution in [0.5, 0.6) is 5.75 Å². The molecule has 2 N–H and O–H groups in total. The molecule has 4 rings (SSSR count). The molecule has 212 valence electrons. The van der Waals surface area contributed by atoms with Gasteiger partial charge in [-0.25, -0.2) is 13.2 Å². The number of carbonyl (C=O) groups is 2. The monoisotopic (exact) mass is 569 g/mol. The summed E-state index contributed by atoms with van der Waals surface area (Å²) >= 11 is 0. The van der Waals surface area contributed by atoms with Crippen LogP contribution in [0.4, 0.5) is 29.3 Å². The number of benzene rings is 2. The fourth-order valence-electron chi connectivity index (χ4n) is 3.96. The molecule has 1 heterocycles. The van der Waals surface area contributed by atoms with Crippen molar-refractivity contribution >= 4 is 33.4 Å². The molecule has 1 atom stereocenters. The molecule has 0 unspecified atom stereocenters. The van der Waals surface area contributed by atoms with Gasteiger partial charge in [0.05, 0.1) is 29.1 Å². The summed E-state index contributed by atoms with van der Waals surface area (Å²) in [5.41, 5.74) is -1.73. The Morgan fingerprint density at radius 3 is 2.46 bits per heavy atom. The highest BCUT2D eigenvalue weighted by Gasteiger charge is 2.38. The van der Waals surface area contributed by atoms with Crippen LogP contribution in [-0.2, 0) is 25.7 Å². The van der Waals surface area contributed by atoms with E-state index in [0.29, 0.717) is 18.5 Å². The van der Waals surface area contributed by atoms with Crippen molar-refractivity contribution < 1.29 is 40.7 Å². The predicted molar refractivity (Wildman–Crippen MR) is 137 cm³/mol. The highest BCUT2D eigenvalue weighted by atomic mass is 32.2. The van der Waals surface area contributed by atoms with Crippen LogP contribution < -0.4 is 19.7 Å². The summed E-state index contributed by atoms with van der Waals surface area (Å²) < 4.78 is 79.5. The second-order valence-electron chi connectivity index (χ2n) is 10.6. The van der Waals surface area contributed by atoms with E-state index < -0.39 is 44.5 Å². The number of amides is 2. The molecule has 13 heteroatoms. The molecular formula is C26H30F3N3O6S. The van der Waals surface area contributed by atoms with Crippen molar-refractivity contribution in [3.05, 3.63) is 48.0 Å². The van der Waals surface area contributed by atoms with Crippen molar-refractivity contribution in [1.82, 2.24) is 5.32 Å². The molecule has 0 bridgehead atoms. The zero-order valence-corrected chi connectivity index (χ0v) is 22.5. The van der Waals surface area contributed by atoms with Crippen molar-refractivity contribution in [3.8, 4) is 5.75 Å². The molecule has 2 aromatic carbocycles. The number of alkyl halides is 3. The van der Waals surface area contributed by atoms with E-state index in [9.17, 15) is 31.2 Å². The second-order valence-corrected chi connectivity index (χ2v) is 12.4. The number of rotatable bonds is 7. The quantitative estimate of drug-likeness (QED) is 0.489. The Morgan fingerprint density at radius 1 is 1.10 bits per heavy atom. The van der Waals surface area contributed by atoms with E-state index in [4.69, 9.17) is 9.47 Å². The number of carbonyl (C=O) groups excluding carboxylic acids is 2. The second kappa shape index (κ2) is 10.6. The number of hydrogen-bond donors (Lipinski definition) is 2. The van der Waals surface area contributed by atoms with Crippen LogP contribution in [-0.4, -0.2) is 45.2 Å². The zero-order chi connectivity index (χ0) is 28.6. The molecular weight excluding hydrogens is 539 g/mol. The number of ether oxygens (including phenoxy) is 2. The SMILES string of the molecule is CC(C)(C)OC(=O)Nc1ccc2c(c1)N(S(=O)(=O)c1cccc(C(F)(F)F)c1)C[C@H](CC(=O)NCC1CC1)O2. The van der Waals surface area contributed by atoms with E-state index in [1.54, 1.807) is 20.8 Å². The van der Waals surface area contributed by atoms with Gasteiger partial charge in [0.2, 0.25) is 5.91 Å². The van der Waals surface area contributed by atoms with Crippen molar-refractivity contribution in [2.75, 3.05) is 22.7 Å². The van der Waals surface area contributed by atoms with E-state index >= 15 is 0 Å². The summed E-state index contributed by atoms with van der Waals surface area (Å²) in [6.45, 7) is 5.22. The number of nitrogens with zero attached hydrogens (tertiary/aromatic N) is 1. The minimum Gasteiger partial charge on any atom is -0.486 e. The molecule has 1 fully saturated rings. The van der Waals surface area contributed by atoms with E-state index in [-0.39, 0.29) is 36.0 Å². The van der Waals surface area contributed by atoms with Crippen molar-refractivity contribution in [2.24, 2.45) is 5.92 Å². The summed E-state index contributed by atoms with van der Waals surface area (Å²) in [5, 5.41) is 5.32. The molecule has 0 saturated heterocycles. The van der Waals surface area contributed by atoms with Crippen molar-refractivity contribution in [1.29, 1.82) is 0 Å². The van der Waals surface area contributed by atoms with Gasteiger partial charge in [0, 0.05) is 12.2 Å². The molecule has 2 amide bonds. The van der Waals surface area contributed by atoms with Crippen LogP contribution in [0, 0.1) is 5.92 Å². The third kappa shape index (κ3) is 7.34. The van der Waals surface area contributed by atoms with Gasteiger partial charge in [-0.2, -0.15) is 13.2 Å². The zero-order valence-electron chi connectivity index (χ0n) is 21.7. The predicted octanol–water partition coefficient (Wildman–Crippen LogP) is 4.93. The van der Waals surface area contributed by atoms with Gasteiger partial charge < -0.3 is 14.8 Å². The van der Waals surface area contributed by atoms with Crippen LogP contribution in [0.2, 0.25) is 0 Å². The smallest absolute Gasteiger partial charge is 0.416 e. The summed E-state index contributed by atoms with van der Waals surface area (Å²) in [6.07, 6.45) is -4.51. The number of anilines is 2. The lowest BCUT2D eigenvalue weighted by Crippen LogP contribution is -2.45. The Kier molecular flexibility index (Phi) is 7.75. The largest absolute Gasteiger partial charge is 0.486 e. The molecule has 2 aromatic rings. The van der Waals surface area contributed by atoms with Crippen LogP contribution >= 0.6 is 0 Å². The molecule has 1 saturated carbocycles. The van der Waals surface area contributed by atoms with Gasteiger partial charge >= 0.3 is 12.3 Å². The topological polar surface area (TPSA) is 114 Å². The van der Waals surface area contributed by atoms with Gasteiger partial charge in [0.1, 0.15) is 17.5 Å². The van der Waals surface area contributed by atoms with Crippen LogP contribution in [0.15, 0.2) is 47.4 Å². The lowest BCUT2D eigenvalue weighted by Gasteiger charge is -2.35. The van der Waals surface area contributed by atoms with Crippen molar-refractivity contribution in [3.63, 3.8) is 0 Å². The van der Waals surface area contributed by atoms with Gasteiger partial charge in [0.25, 0.3) is 10.0 Å². The first-order chi connectivity index (χ1) is 18.1. The Balaban J connectivity index is 1.66. The summed E-state index contributed by atoms with van der Waals surface area (Å²) in [6, 6.07) is 7.64. The summed E-state index contributed by atoms with van der Waals surface area (Å²) in [4.78, 5) is 24.2. The Bertz CT molecular complexity index is 1350. The Hall–Kier alpha value is -3.48. The fraction of sp³-hybridized carbons (Fsp3) is 0.462. The highest BCUT2D eigenvalue weighted by molar-refractivity contribution is 7.92. The third-order valence-electron chi connectivity index (χ3n) is 5.98. The third-order valence-corrected chi connectivity index (χ3v) is 7.76. The summed E-state index contributed by atoms with van der Waals surface area (Å²) in [5.74, 6) is 0.206. The minimum absolute atomic E-state index is 0.00407. The molecule has 0 aromatic heterocycles. The van der Waals surface area contributed by atoms with Gasteiger partial charge in [-0.05, 0) is 75.9 Å². The molecule has 39 heavy (non-hydrogen) atoms. The van der Waals surface area contributed by atoms with E-state index in [2.05, 4.69) is 10.6 Å². The Morgan fingerprint density at radius 2 is 1.82 bits per heavy atom. The summed E-state index contributed by atoms with van der Waals surface area (Å²) in [7, 11) is -4.54. The number of sulfonamides is 1. The number of fused-ring (bicyclic) bond motifs is 1. The molecule has 1 aliphatic carbocycles. The van der Waals surface area contributed by atoms with Gasteiger partial charge in [-0.3, -0.25) is 14.4 Å². The van der Waals surface area contributed by atoms with Crippen LogP contribution in [0.25, 0.3) is 0 Å². The standard InChI is InChI=1S/C26H30F3N3O6S/c1-25(2,3)38-24(34)31-18-9-10-22-21(12-18)32(15-19(37-22)13-23(33)30-14-16-7-8-16)39(35,36)20-6-4-5-17(11-20)26(27,28)29/h4-6,9-12,16,19H,7-8,13-15H2,1-3H3,(H,30,33)(H,31,34)/t19-/m0/s1. The average Bonchev–Trinajstić information content (AvgIpc) is 3.65. The number of halogens is 3. The van der Waals surface area contributed by atoms with Gasteiger partial charge in [0.15, 0.2) is 0 Å². The normalized spacial score (nSPS) is 17.6. The van der Waals surface area contributed by atoms with E-state index in [0.717, 1.165) is 35.3 Å². The highest BCUT2D eigenvalue weighted by Crippen LogP contribution is 2.40. The maximum Gasteiger partial charge on any atom is 0.416 e. The van der Waals surface area contributed by atoms with Gasteiger partial charge in [-0.1, -0.05) is 6.07 Å². The molecule has 0 radical (unpaired) electrons. The Labute approximate surface area is 224 Å². The first-order valence-electron chi connectivity index (χ1n) is 12.4. The lowest BCUT2D eigenvalue weighted by molar-refractivity contribution is -0.137. The van der Waals surface area contributed by atoms with E-state index in [1.165, 1.54) is 18.2 Å². The number of nitrogens with one attached hydrogen (secondary N) is 2. The van der Waals surface area contributed by atoms with Gasteiger partial charge in [-0.15, -0.1) is 0 Å². The fourth-order valence-corrected chi connectivity index (χ4v) is 5.51. The lowest BCUT2D eigenvalue weighted by atomic mass is 10.1. The first-order valence-corrected chi connectivity index (χ1v) is 13.8. The maximum atomic E-state index is 13.7. The van der Waals surface area contributed by atoms with Crippen LogP contribution in [0.1, 0.15) is 45.6 Å². The average molecular weight is 570 g/mol. The maximum absolute atomic E-state index is 13.7.